The van der Waals surface area contributed by atoms with E-state index in [0.717, 1.165) is 39.5 Å². The Kier molecular flexibility index (Phi) is 8.40. The van der Waals surface area contributed by atoms with Gasteiger partial charge in [0.15, 0.2) is 0 Å². The van der Waals surface area contributed by atoms with E-state index in [9.17, 15) is 0 Å². The van der Waals surface area contributed by atoms with Gasteiger partial charge in [0.2, 0.25) is 0 Å². The summed E-state index contributed by atoms with van der Waals surface area (Å²) in [4.78, 5) is 2.52. The summed E-state index contributed by atoms with van der Waals surface area (Å²) in [5, 5.41) is 7.45. The Hall–Kier alpha value is -8.18. The lowest BCUT2D eigenvalue weighted by Gasteiger charge is -2.28. The third-order valence-electron chi connectivity index (χ3n) is 12.9. The van der Waals surface area contributed by atoms with E-state index in [2.05, 4.69) is 251 Å². The summed E-state index contributed by atoms with van der Waals surface area (Å²) in [6.07, 6.45) is 0. The van der Waals surface area contributed by atoms with Crippen LogP contribution in [0, 0.1) is 0 Å². The van der Waals surface area contributed by atoms with Gasteiger partial charge in [0.1, 0.15) is 0 Å². The Morgan fingerprint density at radius 1 is 0.312 bits per heavy atom. The van der Waals surface area contributed by atoms with Crippen molar-refractivity contribution in [2.45, 2.75) is 0 Å². The molecule has 0 bridgehead atoms. The number of hydrogen-bond acceptors (Lipinski definition) is 2. The molecule has 0 aliphatic heterocycles. The average Bonchev–Trinajstić information content (AvgIpc) is 4.04. The Labute approximate surface area is 374 Å². The minimum atomic E-state index is 1.09. The fourth-order valence-corrected chi connectivity index (χ4v) is 11.5. The fraction of sp³-hybridized carbons (Fsp3) is 0. The van der Waals surface area contributed by atoms with E-state index < -0.39 is 0 Å². The predicted molar refractivity (Wildman–Crippen MR) is 274 cm³/mol. The molecular formula is C60H39N3S. The standard InChI is InChI=1S/C60H39N3S/c1-4-19-40(20-5-1)46-30-16-33-51-52-34-18-38-56(60(52)64-59(46)51)61(55-37-17-32-50-48-28-11-13-36-54(48)63(58(50)55)43-24-8-3-9-25-43)44-26-14-21-41(39-44)45-29-15-31-49-47-27-10-12-35-53(47)62(57(45)49)42-22-6-2-7-23-42/h1-39H. The molecule has 0 aliphatic rings. The molecule has 0 saturated heterocycles. The summed E-state index contributed by atoms with van der Waals surface area (Å²) < 4.78 is 7.43. The van der Waals surface area contributed by atoms with E-state index in [0.29, 0.717) is 0 Å². The summed E-state index contributed by atoms with van der Waals surface area (Å²) in [6.45, 7) is 0. The van der Waals surface area contributed by atoms with Crippen LogP contribution in [0.25, 0.3) is 97.4 Å². The summed E-state index contributed by atoms with van der Waals surface area (Å²) in [7, 11) is 0. The van der Waals surface area contributed by atoms with Gasteiger partial charge >= 0.3 is 0 Å². The van der Waals surface area contributed by atoms with Gasteiger partial charge in [-0.15, -0.1) is 11.3 Å². The Bertz CT molecular complexity index is 3900. The maximum absolute atomic E-state index is 2.52. The number of thiophene rings is 1. The molecule has 3 aromatic heterocycles. The molecule has 0 spiro atoms. The zero-order chi connectivity index (χ0) is 42.1. The number of anilines is 3. The second-order valence-corrected chi connectivity index (χ2v) is 17.5. The van der Waals surface area contributed by atoms with Gasteiger partial charge < -0.3 is 14.0 Å². The number of nitrogens with zero attached hydrogens (tertiary/aromatic N) is 3. The summed E-state index contributed by atoms with van der Waals surface area (Å²) in [5.41, 5.74) is 15.2. The van der Waals surface area contributed by atoms with Crippen LogP contribution in [-0.2, 0) is 0 Å². The summed E-state index contributed by atoms with van der Waals surface area (Å²) >= 11 is 1.89. The molecule has 0 aliphatic carbocycles. The van der Waals surface area contributed by atoms with E-state index >= 15 is 0 Å². The highest BCUT2D eigenvalue weighted by atomic mass is 32.1. The van der Waals surface area contributed by atoms with Crippen molar-refractivity contribution in [1.29, 1.82) is 0 Å². The number of rotatable bonds is 7. The molecule has 0 amide bonds. The lowest BCUT2D eigenvalue weighted by atomic mass is 10.0. The molecule has 3 nitrogen and oxygen atoms in total. The van der Waals surface area contributed by atoms with Crippen molar-refractivity contribution < 1.29 is 0 Å². The van der Waals surface area contributed by atoms with Crippen LogP contribution in [0.3, 0.4) is 0 Å². The van der Waals surface area contributed by atoms with Crippen LogP contribution in [0.2, 0.25) is 0 Å². The quantitative estimate of drug-likeness (QED) is 0.156. The van der Waals surface area contributed by atoms with Crippen LogP contribution < -0.4 is 4.90 Å². The SMILES string of the molecule is c1ccc(-c2cccc3c2sc2c(N(c4cccc(-c5cccc6c7ccccc7n(-c7ccccc7)c56)c4)c4cccc5c6ccccc6n(-c6ccccc6)c45)cccc23)cc1. The minimum absolute atomic E-state index is 1.09. The highest BCUT2D eigenvalue weighted by Crippen LogP contribution is 2.50. The maximum Gasteiger partial charge on any atom is 0.0782 e. The zero-order valence-corrected chi connectivity index (χ0v) is 35.6. The third kappa shape index (κ3) is 5.60. The fourth-order valence-electron chi connectivity index (χ4n) is 10.2. The highest BCUT2D eigenvalue weighted by Gasteiger charge is 2.25. The smallest absolute Gasteiger partial charge is 0.0782 e. The number of aromatic nitrogens is 2. The second-order valence-electron chi connectivity index (χ2n) is 16.4. The molecule has 0 saturated carbocycles. The van der Waals surface area contributed by atoms with Crippen molar-refractivity contribution in [2.75, 3.05) is 4.90 Å². The lowest BCUT2D eigenvalue weighted by Crippen LogP contribution is -2.12. The molecule has 0 fully saturated rings. The van der Waals surface area contributed by atoms with Gasteiger partial charge in [-0.3, -0.25) is 0 Å². The first kappa shape index (κ1) is 36.5. The molecule has 0 atom stereocenters. The Balaban J connectivity index is 1.12. The third-order valence-corrected chi connectivity index (χ3v) is 14.2. The molecule has 13 rings (SSSR count). The van der Waals surface area contributed by atoms with E-state index in [1.54, 1.807) is 0 Å². The number of hydrogen-bond donors (Lipinski definition) is 0. The van der Waals surface area contributed by atoms with Gasteiger partial charge in [0, 0.05) is 59.6 Å². The maximum atomic E-state index is 2.52. The number of fused-ring (bicyclic) bond motifs is 9. The normalized spacial score (nSPS) is 11.8. The number of benzene rings is 10. The van der Waals surface area contributed by atoms with Crippen molar-refractivity contribution in [3.05, 3.63) is 237 Å². The largest absolute Gasteiger partial charge is 0.309 e. The van der Waals surface area contributed by atoms with Gasteiger partial charge in [-0.1, -0.05) is 176 Å². The minimum Gasteiger partial charge on any atom is -0.309 e. The van der Waals surface area contributed by atoms with Crippen LogP contribution in [0.15, 0.2) is 237 Å². The van der Waals surface area contributed by atoms with Crippen molar-refractivity contribution in [1.82, 2.24) is 9.13 Å². The van der Waals surface area contributed by atoms with Gasteiger partial charge in [-0.2, -0.15) is 0 Å². The molecule has 3 heterocycles. The van der Waals surface area contributed by atoms with Gasteiger partial charge in [0.05, 0.1) is 38.1 Å². The van der Waals surface area contributed by atoms with Crippen molar-refractivity contribution in [2.24, 2.45) is 0 Å². The number of para-hydroxylation sites is 6. The molecule has 300 valence electrons. The van der Waals surface area contributed by atoms with E-state index in [4.69, 9.17) is 0 Å². The Morgan fingerprint density at radius 3 is 1.45 bits per heavy atom. The van der Waals surface area contributed by atoms with Crippen molar-refractivity contribution in [3.8, 4) is 33.6 Å². The molecular weight excluding hydrogens is 795 g/mol. The van der Waals surface area contributed by atoms with Crippen LogP contribution >= 0.6 is 11.3 Å². The second kappa shape index (κ2) is 14.7. The van der Waals surface area contributed by atoms with Gasteiger partial charge in [-0.25, -0.2) is 0 Å². The lowest BCUT2D eigenvalue weighted by molar-refractivity contribution is 1.17. The summed E-state index contributed by atoms with van der Waals surface area (Å²) in [6, 6.07) is 86.4. The van der Waals surface area contributed by atoms with Crippen molar-refractivity contribution in [3.63, 3.8) is 0 Å². The Morgan fingerprint density at radius 2 is 0.781 bits per heavy atom. The van der Waals surface area contributed by atoms with E-state index in [-0.39, 0.29) is 0 Å². The molecule has 64 heavy (non-hydrogen) atoms. The predicted octanol–water partition coefficient (Wildman–Crippen LogP) is 17.1. The molecule has 10 aromatic carbocycles. The van der Waals surface area contributed by atoms with Crippen LogP contribution in [-0.4, -0.2) is 9.13 Å². The zero-order valence-electron chi connectivity index (χ0n) is 34.8. The average molecular weight is 834 g/mol. The van der Waals surface area contributed by atoms with Gasteiger partial charge in [0.25, 0.3) is 0 Å². The molecule has 0 unspecified atom stereocenters. The first-order valence-corrected chi connectivity index (χ1v) is 22.7. The highest BCUT2D eigenvalue weighted by molar-refractivity contribution is 7.27. The molecule has 13 aromatic rings. The van der Waals surface area contributed by atoms with Crippen LogP contribution in [0.1, 0.15) is 0 Å². The first-order chi connectivity index (χ1) is 31.8. The first-order valence-electron chi connectivity index (χ1n) is 21.9. The van der Waals surface area contributed by atoms with E-state index in [1.807, 2.05) is 11.3 Å². The van der Waals surface area contributed by atoms with Crippen molar-refractivity contribution >= 4 is 92.2 Å². The topological polar surface area (TPSA) is 13.1 Å². The van der Waals surface area contributed by atoms with E-state index in [1.165, 1.54) is 75.0 Å². The van der Waals surface area contributed by atoms with Crippen LogP contribution in [0.5, 0.6) is 0 Å². The summed E-state index contributed by atoms with van der Waals surface area (Å²) in [5.74, 6) is 0. The molecule has 4 heteroatoms. The monoisotopic (exact) mass is 833 g/mol. The molecule has 0 N–H and O–H groups in total. The van der Waals surface area contributed by atoms with Gasteiger partial charge in [-0.05, 0) is 77.4 Å². The molecule has 0 radical (unpaired) electrons. The van der Waals surface area contributed by atoms with Crippen LogP contribution in [0.4, 0.5) is 17.1 Å².